The van der Waals surface area contributed by atoms with Gasteiger partial charge in [0.2, 0.25) is 5.91 Å². The summed E-state index contributed by atoms with van der Waals surface area (Å²) in [6, 6.07) is 5.08. The lowest BCUT2D eigenvalue weighted by Gasteiger charge is -2.15. The number of hydrogen-bond donors (Lipinski definition) is 3. The van der Waals surface area contributed by atoms with Crippen LogP contribution < -0.4 is 16.4 Å². The molecule has 0 bridgehead atoms. The highest BCUT2D eigenvalue weighted by atomic mass is 19.3. The Kier molecular flexibility index (Phi) is 5.73. The lowest BCUT2D eigenvalue weighted by atomic mass is 10.1. The molecule has 0 fully saturated rings. The number of pyridine rings is 1. The highest BCUT2D eigenvalue weighted by molar-refractivity contribution is 5.89. The van der Waals surface area contributed by atoms with Crippen LogP contribution in [0.25, 0.3) is 10.9 Å². The summed E-state index contributed by atoms with van der Waals surface area (Å²) < 4.78 is 29.3. The number of amides is 1. The normalized spacial score (nSPS) is 11.7. The Labute approximate surface area is 174 Å². The maximum Gasteiger partial charge on any atom is 0.286 e. The number of carbonyl (C=O) groups is 1. The number of carbonyl (C=O) groups excluding carboxylic acids is 1. The summed E-state index contributed by atoms with van der Waals surface area (Å²) in [5.74, 6) is -3.95. The van der Waals surface area contributed by atoms with E-state index in [4.69, 9.17) is 10.8 Å². The third-order valence-corrected chi connectivity index (χ3v) is 4.37. The van der Waals surface area contributed by atoms with Gasteiger partial charge in [-0.15, -0.1) is 5.10 Å². The van der Waals surface area contributed by atoms with Gasteiger partial charge in [-0.1, -0.05) is 13.8 Å². The number of fused-ring (bicyclic) bond motifs is 1. The fraction of sp³-hybridized carbons (Fsp3) is 0.316. The van der Waals surface area contributed by atoms with Gasteiger partial charge in [-0.3, -0.25) is 20.4 Å². The van der Waals surface area contributed by atoms with Crippen molar-refractivity contribution in [3.8, 4) is 0 Å². The highest BCUT2D eigenvalue weighted by Gasteiger charge is 2.27. The third-order valence-electron chi connectivity index (χ3n) is 4.37. The summed E-state index contributed by atoms with van der Waals surface area (Å²) in [4.78, 5) is 29.2. The van der Waals surface area contributed by atoms with Crippen molar-refractivity contribution in [3.63, 3.8) is 0 Å². The molecular formula is C19H20F2N8O2. The van der Waals surface area contributed by atoms with Crippen molar-refractivity contribution in [1.82, 2.24) is 24.5 Å². The van der Waals surface area contributed by atoms with Gasteiger partial charge >= 0.3 is 0 Å². The topological polar surface area (TPSA) is 142 Å². The number of nitrogens with one attached hydrogen (secondary N) is 3. The molecule has 0 spiro atoms. The molecule has 0 aliphatic carbocycles. The highest BCUT2D eigenvalue weighted by Crippen LogP contribution is 2.28. The molecule has 3 aromatic heterocycles. The van der Waals surface area contributed by atoms with Gasteiger partial charge in [0.15, 0.2) is 5.82 Å². The minimum absolute atomic E-state index is 0.0495. The van der Waals surface area contributed by atoms with E-state index < -0.39 is 29.6 Å². The lowest BCUT2D eigenvalue weighted by Crippen LogP contribution is -2.32. The van der Waals surface area contributed by atoms with Crippen molar-refractivity contribution < 1.29 is 13.6 Å². The van der Waals surface area contributed by atoms with Gasteiger partial charge in [0.25, 0.3) is 11.5 Å². The second kappa shape index (κ2) is 8.13. The lowest BCUT2D eigenvalue weighted by molar-refractivity contribution is -0.117. The van der Waals surface area contributed by atoms with Gasteiger partial charge < -0.3 is 5.32 Å². The molecule has 0 saturated carbocycles. The number of halogens is 2. The summed E-state index contributed by atoms with van der Waals surface area (Å²) in [7, 11) is 0. The summed E-state index contributed by atoms with van der Waals surface area (Å²) in [5, 5.41) is 25.4. The van der Waals surface area contributed by atoms with E-state index in [1.54, 1.807) is 13.8 Å². The average Bonchev–Trinajstić information content (AvgIpc) is 2.70. The van der Waals surface area contributed by atoms with Crippen LogP contribution in [0.5, 0.6) is 0 Å². The molecule has 3 aromatic rings. The molecule has 12 heteroatoms. The Morgan fingerprint density at radius 1 is 1.26 bits per heavy atom. The molecule has 3 N–H and O–H groups in total. The van der Waals surface area contributed by atoms with Crippen LogP contribution in [0.1, 0.15) is 38.1 Å². The molecule has 0 saturated heterocycles. The molecule has 0 aliphatic heterocycles. The summed E-state index contributed by atoms with van der Waals surface area (Å²) in [6.07, 6.45) is 0.809. The first-order chi connectivity index (χ1) is 14.5. The predicted molar refractivity (Wildman–Crippen MR) is 108 cm³/mol. The second-order valence-electron chi connectivity index (χ2n) is 7.21. The maximum atomic E-state index is 13.7. The number of nitrogens with zero attached hydrogens (tertiary/aromatic N) is 5. The first-order valence-electron chi connectivity index (χ1n) is 9.26. The first-order valence-corrected chi connectivity index (χ1v) is 9.26. The molecule has 0 radical (unpaired) electrons. The van der Waals surface area contributed by atoms with Crippen molar-refractivity contribution in [2.75, 3.05) is 5.32 Å². The van der Waals surface area contributed by atoms with Crippen LogP contribution in [0, 0.1) is 10.8 Å². The van der Waals surface area contributed by atoms with E-state index in [2.05, 4.69) is 20.5 Å². The molecule has 0 aromatic carbocycles. The van der Waals surface area contributed by atoms with Crippen molar-refractivity contribution in [3.05, 3.63) is 51.5 Å². The van der Waals surface area contributed by atoms with Crippen LogP contribution in [0.3, 0.4) is 0 Å². The molecule has 3 rings (SSSR count). The smallest absolute Gasteiger partial charge is 0.286 e. The van der Waals surface area contributed by atoms with Crippen LogP contribution in [0.15, 0.2) is 29.1 Å². The monoisotopic (exact) mass is 430 g/mol. The molecule has 0 unspecified atom stereocenters. The number of aromatic nitrogens is 5. The van der Waals surface area contributed by atoms with Gasteiger partial charge in [-0.05, 0) is 30.2 Å². The molecule has 162 valence electrons. The number of rotatable bonds is 6. The number of anilines is 1. The minimum atomic E-state index is -3.17. The zero-order valence-corrected chi connectivity index (χ0v) is 17.0. The minimum Gasteiger partial charge on any atom is -0.308 e. The molecule has 10 nitrogen and oxygen atoms in total. The standard InChI is InChI=1S/C19H20F2N8O2/c1-10(2)16-17-11(4-5-12(24-17)19(3,20)21)18(31)28(27-16)8-15(30)25-14-7-6-13(23)29(9-22)26-14/h4-7,9-10,22-23H,8H2,1-3H3,(H,25,26,30). The zero-order chi connectivity index (χ0) is 22.9. The molecule has 0 atom stereocenters. The van der Waals surface area contributed by atoms with Crippen molar-refractivity contribution in [1.29, 1.82) is 10.8 Å². The van der Waals surface area contributed by atoms with E-state index in [0.29, 0.717) is 5.69 Å². The molecule has 0 aliphatic rings. The van der Waals surface area contributed by atoms with E-state index in [1.807, 2.05) is 0 Å². The largest absolute Gasteiger partial charge is 0.308 e. The second-order valence-corrected chi connectivity index (χ2v) is 7.21. The molecule has 31 heavy (non-hydrogen) atoms. The Hall–Kier alpha value is -3.83. The van der Waals surface area contributed by atoms with Crippen molar-refractivity contribution >= 4 is 29.0 Å². The van der Waals surface area contributed by atoms with Gasteiger partial charge in [0, 0.05) is 6.92 Å². The summed E-state index contributed by atoms with van der Waals surface area (Å²) in [6.45, 7) is 3.82. The Bertz CT molecular complexity index is 1290. The van der Waals surface area contributed by atoms with E-state index in [-0.39, 0.29) is 28.1 Å². The van der Waals surface area contributed by atoms with Crippen molar-refractivity contribution in [2.24, 2.45) is 0 Å². The summed E-state index contributed by atoms with van der Waals surface area (Å²) in [5.41, 5.74) is -0.771. The van der Waals surface area contributed by atoms with E-state index in [1.165, 1.54) is 18.2 Å². The SMILES string of the molecule is CC(C)c1nn(CC(=O)Nc2ccc(=N)n(C=N)n2)c(=O)c2ccc(C(C)(F)F)nc12. The number of hydrogen-bond acceptors (Lipinski definition) is 7. The van der Waals surface area contributed by atoms with E-state index in [0.717, 1.165) is 28.7 Å². The van der Waals surface area contributed by atoms with Crippen LogP contribution in [-0.4, -0.2) is 36.8 Å². The molecular weight excluding hydrogens is 410 g/mol. The third kappa shape index (κ3) is 4.52. The molecule has 1 amide bonds. The molecule has 3 heterocycles. The Balaban J connectivity index is 1.99. The predicted octanol–water partition coefficient (Wildman–Crippen LogP) is 1.80. The fourth-order valence-electron chi connectivity index (χ4n) is 2.85. The van der Waals surface area contributed by atoms with Crippen LogP contribution in [0.4, 0.5) is 14.6 Å². The number of alkyl halides is 2. The zero-order valence-electron chi connectivity index (χ0n) is 17.0. The van der Waals surface area contributed by atoms with E-state index in [9.17, 15) is 18.4 Å². The van der Waals surface area contributed by atoms with Gasteiger partial charge in [0.05, 0.1) is 16.6 Å². The van der Waals surface area contributed by atoms with Gasteiger partial charge in [0.1, 0.15) is 24.1 Å². The van der Waals surface area contributed by atoms with Gasteiger partial charge in [-0.2, -0.15) is 13.9 Å². The summed E-state index contributed by atoms with van der Waals surface area (Å²) >= 11 is 0. The Morgan fingerprint density at radius 2 is 1.97 bits per heavy atom. The first kappa shape index (κ1) is 21.9. The quantitative estimate of drug-likeness (QED) is 0.404. The Morgan fingerprint density at radius 3 is 2.58 bits per heavy atom. The average molecular weight is 430 g/mol. The van der Waals surface area contributed by atoms with Crippen LogP contribution in [0.2, 0.25) is 0 Å². The van der Waals surface area contributed by atoms with Crippen molar-refractivity contribution in [2.45, 2.75) is 39.2 Å². The van der Waals surface area contributed by atoms with E-state index >= 15 is 0 Å². The maximum absolute atomic E-state index is 13.7. The fourth-order valence-corrected chi connectivity index (χ4v) is 2.85. The van der Waals surface area contributed by atoms with Crippen LogP contribution in [-0.2, 0) is 17.3 Å². The van der Waals surface area contributed by atoms with Crippen LogP contribution >= 0.6 is 0 Å². The van der Waals surface area contributed by atoms with Gasteiger partial charge in [-0.25, -0.2) is 14.3 Å².